The summed E-state index contributed by atoms with van der Waals surface area (Å²) in [6.07, 6.45) is 0. The van der Waals surface area contributed by atoms with Crippen molar-refractivity contribution in [2.45, 2.75) is 10.8 Å². The Kier molecular flexibility index (Phi) is 5.32. The highest BCUT2D eigenvalue weighted by Crippen LogP contribution is 2.16. The maximum absolute atomic E-state index is 13.1. The molecule has 0 bridgehead atoms. The van der Waals surface area contributed by atoms with Gasteiger partial charge < -0.3 is 4.74 Å². The Bertz CT molecular complexity index is 478. The highest BCUT2D eigenvalue weighted by Gasteiger charge is 2.15. The van der Waals surface area contributed by atoms with E-state index in [0.29, 0.717) is 0 Å². The molecule has 7 heteroatoms. The van der Waals surface area contributed by atoms with Crippen LogP contribution in [0.5, 0.6) is 0 Å². The van der Waals surface area contributed by atoms with E-state index in [1.165, 1.54) is 19.2 Å². The smallest absolute Gasteiger partial charge is 0.240 e. The second kappa shape index (κ2) is 6.30. The molecule has 0 saturated carbocycles. The Morgan fingerprint density at radius 3 is 2.76 bits per heavy atom. The van der Waals surface area contributed by atoms with Crippen LogP contribution in [-0.4, -0.2) is 28.7 Å². The molecule has 0 aliphatic carbocycles. The average molecular weight is 282 g/mol. The van der Waals surface area contributed by atoms with Gasteiger partial charge in [-0.15, -0.1) is 11.6 Å². The van der Waals surface area contributed by atoms with Gasteiger partial charge in [0, 0.05) is 19.2 Å². The molecule has 0 aromatic heterocycles. The van der Waals surface area contributed by atoms with Gasteiger partial charge in [-0.1, -0.05) is 0 Å². The van der Waals surface area contributed by atoms with Crippen molar-refractivity contribution in [3.63, 3.8) is 0 Å². The van der Waals surface area contributed by atoms with E-state index in [9.17, 15) is 12.8 Å². The van der Waals surface area contributed by atoms with Crippen molar-refractivity contribution in [1.82, 2.24) is 4.72 Å². The van der Waals surface area contributed by atoms with Gasteiger partial charge in [-0.3, -0.25) is 0 Å². The number of sulfonamides is 1. The third-order valence-corrected chi connectivity index (χ3v) is 3.82. The van der Waals surface area contributed by atoms with Crippen molar-refractivity contribution in [3.05, 3.63) is 29.6 Å². The van der Waals surface area contributed by atoms with Crippen LogP contribution >= 0.6 is 11.6 Å². The van der Waals surface area contributed by atoms with Crippen LogP contribution < -0.4 is 4.72 Å². The molecular weight excluding hydrogens is 269 g/mol. The lowest BCUT2D eigenvalue weighted by Crippen LogP contribution is -2.27. The van der Waals surface area contributed by atoms with Crippen LogP contribution in [0.25, 0.3) is 0 Å². The summed E-state index contributed by atoms with van der Waals surface area (Å²) in [5.41, 5.74) is 0.154. The van der Waals surface area contributed by atoms with Gasteiger partial charge >= 0.3 is 0 Å². The number of halogens is 2. The summed E-state index contributed by atoms with van der Waals surface area (Å²) >= 11 is 5.51. The number of benzene rings is 1. The molecule has 0 aliphatic rings. The van der Waals surface area contributed by atoms with E-state index in [1.807, 2.05) is 0 Å². The van der Waals surface area contributed by atoms with Crippen molar-refractivity contribution < 1.29 is 17.5 Å². The van der Waals surface area contributed by atoms with Crippen molar-refractivity contribution >= 4 is 21.6 Å². The van der Waals surface area contributed by atoms with Crippen LogP contribution in [0, 0.1) is 5.82 Å². The summed E-state index contributed by atoms with van der Waals surface area (Å²) < 4.78 is 43.7. The van der Waals surface area contributed by atoms with E-state index >= 15 is 0 Å². The minimum absolute atomic E-state index is 0.00865. The van der Waals surface area contributed by atoms with Gasteiger partial charge in [-0.2, -0.15) is 0 Å². The van der Waals surface area contributed by atoms with E-state index < -0.39 is 15.8 Å². The maximum Gasteiger partial charge on any atom is 0.240 e. The van der Waals surface area contributed by atoms with Crippen LogP contribution in [0.4, 0.5) is 4.39 Å². The molecule has 1 aromatic rings. The van der Waals surface area contributed by atoms with E-state index in [2.05, 4.69) is 4.72 Å². The lowest BCUT2D eigenvalue weighted by molar-refractivity contribution is 0.204. The zero-order valence-electron chi connectivity index (χ0n) is 9.24. The topological polar surface area (TPSA) is 55.4 Å². The molecule has 0 saturated heterocycles. The molecule has 17 heavy (non-hydrogen) atoms. The number of hydrogen-bond acceptors (Lipinski definition) is 3. The highest BCUT2D eigenvalue weighted by atomic mass is 35.5. The number of rotatable bonds is 6. The molecule has 0 heterocycles. The standard InChI is InChI=1S/C10H13ClFNO3S/c1-16-5-4-13-17(14,15)9-2-3-10(12)8(6-9)7-11/h2-3,6,13H,4-5,7H2,1H3. The monoisotopic (exact) mass is 281 g/mol. The number of nitrogens with one attached hydrogen (secondary N) is 1. The van der Waals surface area contributed by atoms with Gasteiger partial charge in [-0.25, -0.2) is 17.5 Å². The van der Waals surface area contributed by atoms with Gasteiger partial charge in [0.15, 0.2) is 0 Å². The lowest BCUT2D eigenvalue weighted by Gasteiger charge is -2.07. The van der Waals surface area contributed by atoms with E-state index in [4.69, 9.17) is 16.3 Å². The Hall–Kier alpha value is -0.690. The van der Waals surface area contributed by atoms with Gasteiger partial charge in [0.2, 0.25) is 10.0 Å². The number of ether oxygens (including phenoxy) is 1. The summed E-state index contributed by atoms with van der Waals surface area (Å²) in [7, 11) is -2.17. The molecule has 0 unspecified atom stereocenters. The van der Waals surface area contributed by atoms with Crippen LogP contribution in [0.2, 0.25) is 0 Å². The summed E-state index contributed by atoms with van der Waals surface area (Å²) in [4.78, 5) is -0.00865. The summed E-state index contributed by atoms with van der Waals surface area (Å²) in [5, 5.41) is 0. The van der Waals surface area contributed by atoms with Crippen molar-refractivity contribution in [2.24, 2.45) is 0 Å². The second-order valence-electron chi connectivity index (χ2n) is 3.28. The van der Waals surface area contributed by atoms with Gasteiger partial charge in [0.25, 0.3) is 0 Å². The van der Waals surface area contributed by atoms with Crippen molar-refractivity contribution in [3.8, 4) is 0 Å². The summed E-state index contributed by atoms with van der Waals surface area (Å²) in [6.45, 7) is 0.426. The Labute approximate surface area is 105 Å². The minimum Gasteiger partial charge on any atom is -0.383 e. The van der Waals surface area contributed by atoms with Crippen LogP contribution in [0.3, 0.4) is 0 Å². The quantitative estimate of drug-likeness (QED) is 0.635. The zero-order valence-corrected chi connectivity index (χ0v) is 10.8. The third kappa shape index (κ3) is 3.92. The molecule has 1 aromatic carbocycles. The first kappa shape index (κ1) is 14.4. The summed E-state index contributed by atoms with van der Waals surface area (Å²) in [5.74, 6) is -0.594. The summed E-state index contributed by atoms with van der Waals surface area (Å²) in [6, 6.07) is 3.50. The number of methoxy groups -OCH3 is 1. The SMILES string of the molecule is COCCNS(=O)(=O)c1ccc(F)c(CCl)c1. The average Bonchev–Trinajstić information content (AvgIpc) is 2.29. The Balaban J connectivity index is 2.91. The van der Waals surface area contributed by atoms with Gasteiger partial charge in [0.05, 0.1) is 17.4 Å². The lowest BCUT2D eigenvalue weighted by atomic mass is 10.2. The molecule has 0 fully saturated rings. The van der Waals surface area contributed by atoms with Gasteiger partial charge in [-0.05, 0) is 18.2 Å². The number of hydrogen-bond donors (Lipinski definition) is 1. The third-order valence-electron chi connectivity index (χ3n) is 2.07. The molecule has 0 spiro atoms. The largest absolute Gasteiger partial charge is 0.383 e. The first-order valence-electron chi connectivity index (χ1n) is 4.84. The fraction of sp³-hybridized carbons (Fsp3) is 0.400. The Morgan fingerprint density at radius 2 is 2.18 bits per heavy atom. The van der Waals surface area contributed by atoms with Gasteiger partial charge in [0.1, 0.15) is 5.82 Å². The molecular formula is C10H13ClFNO3S. The predicted octanol–water partition coefficient (Wildman–Crippen LogP) is 1.49. The predicted molar refractivity (Wildman–Crippen MR) is 63.0 cm³/mol. The first-order valence-corrected chi connectivity index (χ1v) is 6.86. The van der Waals surface area contributed by atoms with Crippen LogP contribution in [0.15, 0.2) is 23.1 Å². The fourth-order valence-electron chi connectivity index (χ4n) is 1.18. The molecule has 0 aliphatic heterocycles. The highest BCUT2D eigenvalue weighted by molar-refractivity contribution is 7.89. The normalized spacial score (nSPS) is 11.7. The van der Waals surface area contributed by atoms with Crippen LogP contribution in [-0.2, 0) is 20.6 Å². The van der Waals surface area contributed by atoms with Crippen molar-refractivity contribution in [1.29, 1.82) is 0 Å². The number of alkyl halides is 1. The Morgan fingerprint density at radius 1 is 1.47 bits per heavy atom. The minimum atomic E-state index is -3.64. The second-order valence-corrected chi connectivity index (χ2v) is 5.31. The molecule has 4 nitrogen and oxygen atoms in total. The van der Waals surface area contributed by atoms with E-state index in [-0.39, 0.29) is 29.5 Å². The molecule has 0 amide bonds. The maximum atomic E-state index is 13.1. The van der Waals surface area contributed by atoms with Crippen LogP contribution in [0.1, 0.15) is 5.56 Å². The zero-order chi connectivity index (χ0) is 12.9. The van der Waals surface area contributed by atoms with E-state index in [0.717, 1.165) is 6.07 Å². The first-order chi connectivity index (χ1) is 8.01. The molecule has 0 radical (unpaired) electrons. The molecule has 0 atom stereocenters. The molecule has 96 valence electrons. The van der Waals surface area contributed by atoms with E-state index in [1.54, 1.807) is 0 Å². The molecule has 1 rings (SSSR count). The van der Waals surface area contributed by atoms with Crippen molar-refractivity contribution in [2.75, 3.05) is 20.3 Å². The fourth-order valence-corrected chi connectivity index (χ4v) is 2.45. The molecule has 1 N–H and O–H groups in total.